The number of anilines is 2. The minimum atomic E-state index is -0.534. The lowest BCUT2D eigenvalue weighted by Gasteiger charge is -2.45. The molecule has 23 heavy (non-hydrogen) atoms. The zero-order chi connectivity index (χ0) is 16.8. The lowest BCUT2D eigenvalue weighted by molar-refractivity contribution is 0.0194. The molecule has 1 saturated heterocycles. The summed E-state index contributed by atoms with van der Waals surface area (Å²) in [5.74, 6) is 0.0693. The van der Waals surface area contributed by atoms with Gasteiger partial charge in [-0.05, 0) is 26.8 Å². The third-order valence-corrected chi connectivity index (χ3v) is 3.90. The molecule has 126 valence electrons. The van der Waals surface area contributed by atoms with Gasteiger partial charge in [0.2, 0.25) is 0 Å². The lowest BCUT2D eigenvalue weighted by Crippen LogP contribution is -2.59. The number of benzene rings is 1. The largest absolute Gasteiger partial charge is 0.489 e. The first-order valence-electron chi connectivity index (χ1n) is 7.71. The molecule has 0 aromatic heterocycles. The van der Waals surface area contributed by atoms with E-state index in [0.717, 1.165) is 0 Å². The van der Waals surface area contributed by atoms with Gasteiger partial charge in [-0.3, -0.25) is 0 Å². The van der Waals surface area contributed by atoms with Crippen LogP contribution in [0.4, 0.5) is 20.6 Å². The molecule has 3 rings (SSSR count). The highest BCUT2D eigenvalue weighted by Crippen LogP contribution is 2.39. The molecule has 2 N–H and O–H groups in total. The summed E-state index contributed by atoms with van der Waals surface area (Å²) in [6.07, 6.45) is -0.347. The van der Waals surface area contributed by atoms with Gasteiger partial charge in [-0.25, -0.2) is 9.18 Å². The molecule has 1 fully saturated rings. The predicted molar refractivity (Wildman–Crippen MR) is 85.2 cm³/mol. The highest BCUT2D eigenvalue weighted by Gasteiger charge is 2.37. The molecule has 1 amide bonds. The van der Waals surface area contributed by atoms with E-state index in [1.165, 1.54) is 6.07 Å². The van der Waals surface area contributed by atoms with Crippen molar-refractivity contribution in [2.75, 3.05) is 36.9 Å². The van der Waals surface area contributed by atoms with Crippen molar-refractivity contribution in [3.63, 3.8) is 0 Å². The summed E-state index contributed by atoms with van der Waals surface area (Å²) in [5, 5.41) is 0. The van der Waals surface area contributed by atoms with Crippen LogP contribution in [-0.4, -0.2) is 48.9 Å². The second-order valence-corrected chi connectivity index (χ2v) is 6.93. The van der Waals surface area contributed by atoms with Crippen LogP contribution in [0, 0.1) is 5.82 Å². The van der Waals surface area contributed by atoms with Gasteiger partial charge in [0.15, 0.2) is 5.82 Å². The Labute approximate surface area is 134 Å². The Morgan fingerprint density at radius 2 is 2.13 bits per heavy atom. The molecule has 6 nitrogen and oxygen atoms in total. The Bertz CT molecular complexity index is 630. The van der Waals surface area contributed by atoms with Gasteiger partial charge in [0, 0.05) is 31.4 Å². The molecule has 0 aliphatic carbocycles. The highest BCUT2D eigenvalue weighted by atomic mass is 19.1. The number of carbonyl (C=O) groups excluding carboxylic acids is 1. The van der Waals surface area contributed by atoms with Crippen LogP contribution >= 0.6 is 0 Å². The van der Waals surface area contributed by atoms with Crippen LogP contribution in [0.25, 0.3) is 0 Å². The van der Waals surface area contributed by atoms with E-state index in [2.05, 4.69) is 0 Å². The molecular formula is C16H22FN3O3. The van der Waals surface area contributed by atoms with Gasteiger partial charge in [-0.15, -0.1) is 0 Å². The fourth-order valence-electron chi connectivity index (χ4n) is 2.95. The van der Waals surface area contributed by atoms with E-state index >= 15 is 0 Å². The third kappa shape index (κ3) is 3.13. The maximum Gasteiger partial charge on any atom is 0.410 e. The normalized spacial score (nSPS) is 20.4. The van der Waals surface area contributed by atoms with E-state index in [1.54, 1.807) is 11.0 Å². The van der Waals surface area contributed by atoms with Crippen LogP contribution in [0.2, 0.25) is 0 Å². The number of ether oxygens (including phenoxy) is 2. The van der Waals surface area contributed by atoms with Crippen LogP contribution < -0.4 is 15.4 Å². The number of fused-ring (bicyclic) bond motifs is 3. The summed E-state index contributed by atoms with van der Waals surface area (Å²) >= 11 is 0. The van der Waals surface area contributed by atoms with Gasteiger partial charge in [0.1, 0.15) is 23.6 Å². The Morgan fingerprint density at radius 1 is 1.39 bits per heavy atom. The van der Waals surface area contributed by atoms with Crippen LogP contribution in [0.3, 0.4) is 0 Å². The third-order valence-electron chi connectivity index (χ3n) is 3.90. The Kier molecular flexibility index (Phi) is 3.74. The smallest absolute Gasteiger partial charge is 0.410 e. The number of nitrogens with zero attached hydrogens (tertiary/aromatic N) is 2. The summed E-state index contributed by atoms with van der Waals surface area (Å²) in [5.41, 5.74) is 5.90. The topological polar surface area (TPSA) is 68.0 Å². The molecular weight excluding hydrogens is 301 g/mol. The van der Waals surface area contributed by atoms with Crippen molar-refractivity contribution in [2.24, 2.45) is 0 Å². The quantitative estimate of drug-likeness (QED) is 0.742. The van der Waals surface area contributed by atoms with Crippen molar-refractivity contribution in [3.8, 4) is 5.75 Å². The van der Waals surface area contributed by atoms with Gasteiger partial charge >= 0.3 is 6.09 Å². The number of nitrogens with two attached hydrogens (primary N) is 1. The molecule has 2 aliphatic rings. The lowest BCUT2D eigenvalue weighted by atomic mass is 10.1. The van der Waals surface area contributed by atoms with Gasteiger partial charge < -0.3 is 25.0 Å². The zero-order valence-electron chi connectivity index (χ0n) is 13.6. The maximum absolute atomic E-state index is 14.3. The Hall–Kier alpha value is -2.18. The zero-order valence-corrected chi connectivity index (χ0v) is 13.6. The van der Waals surface area contributed by atoms with Crippen LogP contribution in [-0.2, 0) is 4.74 Å². The molecule has 2 aliphatic heterocycles. The number of amides is 1. The number of halogens is 1. The highest BCUT2D eigenvalue weighted by molar-refractivity contribution is 5.70. The first-order valence-corrected chi connectivity index (χ1v) is 7.71. The summed E-state index contributed by atoms with van der Waals surface area (Å²) in [6, 6.07) is 2.83. The monoisotopic (exact) mass is 323 g/mol. The Morgan fingerprint density at radius 3 is 2.83 bits per heavy atom. The molecule has 0 spiro atoms. The number of rotatable bonds is 0. The van der Waals surface area contributed by atoms with E-state index in [-0.39, 0.29) is 12.1 Å². The number of carbonyl (C=O) groups is 1. The SMILES string of the molecule is CC(C)(C)OC(=O)N1CCN2c3c(F)cc(N)cc3OC[C@H]2C1. The minimum Gasteiger partial charge on any atom is -0.489 e. The first kappa shape index (κ1) is 15.7. The van der Waals surface area contributed by atoms with E-state index in [9.17, 15) is 9.18 Å². The summed E-state index contributed by atoms with van der Waals surface area (Å²) in [6.45, 7) is 7.34. The van der Waals surface area contributed by atoms with Crippen LogP contribution in [0.15, 0.2) is 12.1 Å². The molecule has 1 aromatic carbocycles. The summed E-state index contributed by atoms with van der Waals surface area (Å²) in [4.78, 5) is 15.8. The minimum absolute atomic E-state index is 0.0955. The number of piperazine rings is 1. The second-order valence-electron chi connectivity index (χ2n) is 6.93. The van der Waals surface area contributed by atoms with Crippen molar-refractivity contribution in [1.82, 2.24) is 4.90 Å². The molecule has 0 saturated carbocycles. The number of nitrogen functional groups attached to an aromatic ring is 1. The maximum atomic E-state index is 14.3. The van der Waals surface area contributed by atoms with E-state index in [4.69, 9.17) is 15.2 Å². The fourth-order valence-corrected chi connectivity index (χ4v) is 2.95. The standard InChI is InChI=1S/C16H22FN3O3/c1-16(2,3)23-15(21)19-4-5-20-11(8-19)9-22-13-7-10(18)6-12(17)14(13)20/h6-7,11H,4-5,8-9,18H2,1-3H3/t11-/m1/s1. The van der Waals surface area contributed by atoms with Crippen molar-refractivity contribution in [3.05, 3.63) is 17.9 Å². The fraction of sp³-hybridized carbons (Fsp3) is 0.562. The first-order chi connectivity index (χ1) is 10.7. The van der Waals surface area contributed by atoms with Crippen molar-refractivity contribution < 1.29 is 18.7 Å². The average molecular weight is 323 g/mol. The number of hydrogen-bond donors (Lipinski definition) is 1. The van der Waals surface area contributed by atoms with Crippen LogP contribution in [0.5, 0.6) is 5.75 Å². The molecule has 1 aromatic rings. The average Bonchev–Trinajstić information content (AvgIpc) is 2.43. The second kappa shape index (κ2) is 5.47. The molecule has 0 radical (unpaired) electrons. The van der Waals surface area contributed by atoms with Crippen molar-refractivity contribution in [2.45, 2.75) is 32.4 Å². The summed E-state index contributed by atoms with van der Waals surface area (Å²) in [7, 11) is 0. The van der Waals surface area contributed by atoms with E-state index in [0.29, 0.717) is 43.4 Å². The predicted octanol–water partition coefficient (Wildman–Crippen LogP) is 2.23. The molecule has 1 atom stereocenters. The van der Waals surface area contributed by atoms with E-state index in [1.807, 2.05) is 25.7 Å². The molecule has 7 heteroatoms. The van der Waals surface area contributed by atoms with Gasteiger partial charge in [0.05, 0.1) is 6.04 Å². The van der Waals surface area contributed by atoms with Gasteiger partial charge in [-0.2, -0.15) is 0 Å². The molecule has 2 heterocycles. The van der Waals surface area contributed by atoms with E-state index < -0.39 is 11.4 Å². The van der Waals surface area contributed by atoms with Crippen molar-refractivity contribution in [1.29, 1.82) is 0 Å². The Balaban J connectivity index is 1.76. The van der Waals surface area contributed by atoms with Crippen molar-refractivity contribution >= 4 is 17.5 Å². The van der Waals surface area contributed by atoms with Gasteiger partial charge in [0.25, 0.3) is 0 Å². The molecule has 0 unspecified atom stereocenters. The summed E-state index contributed by atoms with van der Waals surface area (Å²) < 4.78 is 25.3. The number of hydrogen-bond acceptors (Lipinski definition) is 5. The van der Waals surface area contributed by atoms with Gasteiger partial charge in [-0.1, -0.05) is 0 Å². The van der Waals surface area contributed by atoms with Crippen LogP contribution in [0.1, 0.15) is 20.8 Å². The molecule has 0 bridgehead atoms.